The first kappa shape index (κ1) is 18.4. The van der Waals surface area contributed by atoms with Gasteiger partial charge in [0.15, 0.2) is 0 Å². The van der Waals surface area contributed by atoms with E-state index in [0.717, 1.165) is 0 Å². The van der Waals surface area contributed by atoms with Gasteiger partial charge in [-0.3, -0.25) is 0 Å². The summed E-state index contributed by atoms with van der Waals surface area (Å²) in [6, 6.07) is -0.894. The molecule has 128 valence electrons. The average Bonchev–Trinajstić information content (AvgIpc) is 2.33. The molecule has 0 aliphatic carbocycles. The van der Waals surface area contributed by atoms with Crippen molar-refractivity contribution < 1.29 is 27.5 Å². The number of urea groups is 1. The molecule has 3 amide bonds. The van der Waals surface area contributed by atoms with Crippen molar-refractivity contribution in [3.05, 3.63) is 0 Å². The number of hydrogen-bond donors (Lipinski definition) is 2. The number of nitrogens with zero attached hydrogens (tertiary/aromatic N) is 1. The maximum Gasteiger partial charge on any atom is 0.407 e. The Kier molecular flexibility index (Phi) is 5.90. The molecule has 1 fully saturated rings. The van der Waals surface area contributed by atoms with Gasteiger partial charge in [-0.1, -0.05) is 0 Å². The van der Waals surface area contributed by atoms with Crippen molar-refractivity contribution >= 4 is 12.1 Å². The third-order valence-electron chi connectivity index (χ3n) is 2.94. The number of nitrogens with one attached hydrogen (secondary N) is 2. The summed E-state index contributed by atoms with van der Waals surface area (Å²) in [5.74, 6) is 0. The highest BCUT2D eigenvalue weighted by molar-refractivity contribution is 5.74. The lowest BCUT2D eigenvalue weighted by atomic mass is 10.1. The normalized spacial score (nSPS) is 17.1. The van der Waals surface area contributed by atoms with Gasteiger partial charge in [0.25, 0.3) is 0 Å². The van der Waals surface area contributed by atoms with Crippen LogP contribution in [-0.4, -0.2) is 54.5 Å². The van der Waals surface area contributed by atoms with Gasteiger partial charge in [0.2, 0.25) is 0 Å². The molecule has 1 heterocycles. The van der Waals surface area contributed by atoms with E-state index in [1.807, 2.05) is 5.32 Å². The monoisotopic (exact) mass is 325 g/mol. The van der Waals surface area contributed by atoms with Gasteiger partial charge >= 0.3 is 18.3 Å². The largest absolute Gasteiger partial charge is 0.444 e. The van der Waals surface area contributed by atoms with Crippen LogP contribution in [-0.2, 0) is 4.74 Å². The molecule has 0 aromatic carbocycles. The van der Waals surface area contributed by atoms with Gasteiger partial charge < -0.3 is 20.3 Å². The molecule has 0 saturated carbocycles. The van der Waals surface area contributed by atoms with Gasteiger partial charge in [0, 0.05) is 19.1 Å². The van der Waals surface area contributed by atoms with Gasteiger partial charge in [-0.25, -0.2) is 9.59 Å². The first-order valence-electron chi connectivity index (χ1n) is 7.05. The Bertz CT molecular complexity index is 400. The fourth-order valence-corrected chi connectivity index (χ4v) is 1.99. The molecule has 0 aromatic heterocycles. The van der Waals surface area contributed by atoms with E-state index >= 15 is 0 Å². The summed E-state index contributed by atoms with van der Waals surface area (Å²) in [5, 5.41) is 4.52. The van der Waals surface area contributed by atoms with Gasteiger partial charge in [-0.15, -0.1) is 0 Å². The fourth-order valence-electron chi connectivity index (χ4n) is 1.99. The lowest BCUT2D eigenvalue weighted by Crippen LogP contribution is -2.51. The lowest BCUT2D eigenvalue weighted by molar-refractivity contribution is -0.123. The summed E-state index contributed by atoms with van der Waals surface area (Å²) >= 11 is 0. The highest BCUT2D eigenvalue weighted by Gasteiger charge is 2.30. The molecule has 0 atom stereocenters. The Hall–Kier alpha value is -1.67. The first-order chi connectivity index (χ1) is 9.96. The van der Waals surface area contributed by atoms with Crippen LogP contribution in [0.3, 0.4) is 0 Å². The molecule has 6 nitrogen and oxygen atoms in total. The van der Waals surface area contributed by atoms with E-state index in [9.17, 15) is 22.8 Å². The van der Waals surface area contributed by atoms with Crippen molar-refractivity contribution in [3.8, 4) is 0 Å². The number of rotatable bonds is 2. The SMILES string of the molecule is CC(C)(C)OC(=O)NC1CCN(C(=O)NCC(F)(F)F)CC1. The van der Waals surface area contributed by atoms with Gasteiger partial charge in [-0.05, 0) is 33.6 Å². The standard InChI is InChI=1S/C13H22F3N3O3/c1-12(2,3)22-11(21)18-9-4-6-19(7-5-9)10(20)17-8-13(14,15)16/h9H,4-8H2,1-3H3,(H,17,20)(H,18,21). The van der Waals surface area contributed by atoms with Crippen LogP contribution in [0, 0.1) is 0 Å². The zero-order valence-electron chi connectivity index (χ0n) is 12.9. The van der Waals surface area contributed by atoms with E-state index < -0.39 is 30.4 Å². The highest BCUT2D eigenvalue weighted by Crippen LogP contribution is 2.15. The average molecular weight is 325 g/mol. The van der Waals surface area contributed by atoms with Crippen LogP contribution in [0.4, 0.5) is 22.8 Å². The number of halogens is 3. The molecular formula is C13H22F3N3O3. The molecule has 0 spiro atoms. The van der Waals surface area contributed by atoms with Gasteiger partial charge in [-0.2, -0.15) is 13.2 Å². The predicted octanol–water partition coefficient (Wildman–Crippen LogP) is 2.25. The number of likely N-dealkylation sites (tertiary alicyclic amines) is 1. The van der Waals surface area contributed by atoms with E-state index in [1.54, 1.807) is 20.8 Å². The molecular weight excluding hydrogens is 303 g/mol. The van der Waals surface area contributed by atoms with Crippen molar-refractivity contribution in [2.24, 2.45) is 0 Å². The number of carbonyl (C=O) groups excluding carboxylic acids is 2. The van der Waals surface area contributed by atoms with Crippen molar-refractivity contribution in [2.45, 2.75) is 51.4 Å². The minimum absolute atomic E-state index is 0.151. The molecule has 22 heavy (non-hydrogen) atoms. The van der Waals surface area contributed by atoms with Crippen molar-refractivity contribution in [3.63, 3.8) is 0 Å². The highest BCUT2D eigenvalue weighted by atomic mass is 19.4. The number of ether oxygens (including phenoxy) is 1. The second kappa shape index (κ2) is 7.06. The molecule has 0 bridgehead atoms. The van der Waals surface area contributed by atoms with E-state index in [-0.39, 0.29) is 19.1 Å². The second-order valence-corrected chi connectivity index (χ2v) is 6.18. The minimum atomic E-state index is -4.42. The molecule has 1 aliphatic rings. The number of hydrogen-bond acceptors (Lipinski definition) is 3. The summed E-state index contributed by atoms with van der Waals surface area (Å²) in [6.07, 6.45) is -4.02. The lowest BCUT2D eigenvalue weighted by Gasteiger charge is -2.32. The van der Waals surface area contributed by atoms with Crippen LogP contribution in [0.5, 0.6) is 0 Å². The Morgan fingerprint density at radius 1 is 1.18 bits per heavy atom. The fraction of sp³-hybridized carbons (Fsp3) is 0.846. The Morgan fingerprint density at radius 3 is 2.18 bits per heavy atom. The zero-order chi connectivity index (χ0) is 17.0. The molecule has 1 aliphatic heterocycles. The topological polar surface area (TPSA) is 70.7 Å². The predicted molar refractivity (Wildman–Crippen MR) is 73.4 cm³/mol. The maximum absolute atomic E-state index is 12.0. The van der Waals surface area contributed by atoms with Gasteiger partial charge in [0.05, 0.1) is 0 Å². The molecule has 0 radical (unpaired) electrons. The van der Waals surface area contributed by atoms with Crippen LogP contribution in [0.1, 0.15) is 33.6 Å². The third kappa shape index (κ3) is 7.37. The maximum atomic E-state index is 12.0. The molecule has 2 N–H and O–H groups in total. The van der Waals surface area contributed by atoms with E-state index in [0.29, 0.717) is 12.8 Å². The summed E-state index contributed by atoms with van der Waals surface area (Å²) in [6.45, 7) is 4.47. The number of amides is 3. The summed E-state index contributed by atoms with van der Waals surface area (Å²) in [5.41, 5.74) is -0.595. The zero-order valence-corrected chi connectivity index (χ0v) is 12.9. The number of carbonyl (C=O) groups is 2. The summed E-state index contributed by atoms with van der Waals surface area (Å²) in [7, 11) is 0. The molecule has 0 aromatic rings. The van der Waals surface area contributed by atoms with Crippen molar-refractivity contribution in [2.75, 3.05) is 19.6 Å². The smallest absolute Gasteiger partial charge is 0.407 e. The molecule has 1 rings (SSSR count). The van der Waals surface area contributed by atoms with Crippen molar-refractivity contribution in [1.29, 1.82) is 0 Å². The van der Waals surface area contributed by atoms with E-state index in [4.69, 9.17) is 4.74 Å². The minimum Gasteiger partial charge on any atom is -0.444 e. The van der Waals surface area contributed by atoms with E-state index in [1.165, 1.54) is 4.90 Å². The van der Waals surface area contributed by atoms with Crippen LogP contribution >= 0.6 is 0 Å². The van der Waals surface area contributed by atoms with Crippen LogP contribution in [0.25, 0.3) is 0 Å². The van der Waals surface area contributed by atoms with Crippen LogP contribution in [0.2, 0.25) is 0 Å². The Balaban J connectivity index is 2.31. The Labute approximate surface area is 127 Å². The third-order valence-corrected chi connectivity index (χ3v) is 2.94. The summed E-state index contributed by atoms with van der Waals surface area (Å²) in [4.78, 5) is 24.5. The first-order valence-corrected chi connectivity index (χ1v) is 7.05. The summed E-state index contributed by atoms with van der Waals surface area (Å²) < 4.78 is 41.2. The van der Waals surface area contributed by atoms with Crippen molar-refractivity contribution in [1.82, 2.24) is 15.5 Å². The Morgan fingerprint density at radius 2 is 1.73 bits per heavy atom. The number of alkyl carbamates (subject to hydrolysis) is 1. The van der Waals surface area contributed by atoms with Crippen LogP contribution < -0.4 is 10.6 Å². The van der Waals surface area contributed by atoms with Crippen LogP contribution in [0.15, 0.2) is 0 Å². The van der Waals surface area contributed by atoms with E-state index in [2.05, 4.69) is 5.32 Å². The molecule has 1 saturated heterocycles. The quantitative estimate of drug-likeness (QED) is 0.818. The van der Waals surface area contributed by atoms with Gasteiger partial charge in [0.1, 0.15) is 12.1 Å². The number of piperidine rings is 1. The molecule has 9 heteroatoms. The second-order valence-electron chi connectivity index (χ2n) is 6.18. The molecule has 0 unspecified atom stereocenters. The number of alkyl halides is 3.